The largest absolute Gasteiger partial charge is 0.495 e. The maximum Gasteiger partial charge on any atom is 0.264 e. The fourth-order valence-corrected chi connectivity index (χ4v) is 5.25. The minimum Gasteiger partial charge on any atom is -0.495 e. The quantitative estimate of drug-likeness (QED) is 0.428. The van der Waals surface area contributed by atoms with Crippen LogP contribution in [0.3, 0.4) is 0 Å². The van der Waals surface area contributed by atoms with Gasteiger partial charge in [0.15, 0.2) is 0 Å². The zero-order valence-electron chi connectivity index (χ0n) is 20.6. The van der Waals surface area contributed by atoms with Crippen LogP contribution in [-0.2, 0) is 10.0 Å². The summed E-state index contributed by atoms with van der Waals surface area (Å²) in [6.45, 7) is 6.36. The molecule has 7 nitrogen and oxygen atoms in total. The Morgan fingerprint density at radius 2 is 1.51 bits per heavy atom. The van der Waals surface area contributed by atoms with E-state index in [1.54, 1.807) is 24.3 Å². The lowest BCUT2D eigenvalue weighted by molar-refractivity contribution is 0.0935. The molecule has 1 N–H and O–H groups in total. The minimum absolute atomic E-state index is 0.0457. The Morgan fingerprint density at radius 3 is 2.11 bits per heavy atom. The first kappa shape index (κ1) is 26.2. The Morgan fingerprint density at radius 1 is 0.914 bits per heavy atom. The van der Waals surface area contributed by atoms with E-state index in [2.05, 4.69) is 36.2 Å². The van der Waals surface area contributed by atoms with Gasteiger partial charge in [0.1, 0.15) is 5.75 Å². The Labute approximate surface area is 208 Å². The van der Waals surface area contributed by atoms with Crippen LogP contribution in [0.2, 0.25) is 0 Å². The normalized spacial score (nSPS) is 12.3. The third kappa shape index (κ3) is 6.01. The molecule has 3 aromatic carbocycles. The average Bonchev–Trinajstić information content (AvgIpc) is 2.90. The summed E-state index contributed by atoms with van der Waals surface area (Å²) in [5.74, 6) is 0.205. The molecule has 0 spiro atoms. The Hall–Kier alpha value is -3.36. The summed E-state index contributed by atoms with van der Waals surface area (Å²) in [6, 6.07) is 23.0. The number of ether oxygens (including phenoxy) is 1. The summed E-state index contributed by atoms with van der Waals surface area (Å²) in [7, 11) is -0.860. The van der Waals surface area contributed by atoms with Gasteiger partial charge in [-0.1, -0.05) is 56.3 Å². The number of amides is 1. The second-order valence-electron chi connectivity index (χ2n) is 8.03. The van der Waals surface area contributed by atoms with Crippen molar-refractivity contribution in [3.8, 4) is 5.75 Å². The van der Waals surface area contributed by atoms with E-state index in [4.69, 9.17) is 4.74 Å². The van der Waals surface area contributed by atoms with Crippen LogP contribution in [0, 0.1) is 0 Å². The number of benzene rings is 3. The molecule has 0 fully saturated rings. The fourth-order valence-electron chi connectivity index (χ4n) is 4.04. The molecule has 0 saturated heterocycles. The monoisotopic (exact) mass is 495 g/mol. The highest BCUT2D eigenvalue weighted by Crippen LogP contribution is 2.31. The second kappa shape index (κ2) is 11.9. The zero-order valence-corrected chi connectivity index (χ0v) is 21.5. The lowest BCUT2D eigenvalue weighted by Crippen LogP contribution is -2.38. The van der Waals surface area contributed by atoms with Crippen LogP contribution in [0.5, 0.6) is 5.75 Å². The number of methoxy groups -OCH3 is 1. The molecule has 35 heavy (non-hydrogen) atoms. The predicted octanol–water partition coefficient (Wildman–Crippen LogP) is 4.33. The molecule has 8 heteroatoms. The highest BCUT2D eigenvalue weighted by Gasteiger charge is 2.24. The summed E-state index contributed by atoms with van der Waals surface area (Å²) in [4.78, 5) is 15.3. The summed E-state index contributed by atoms with van der Waals surface area (Å²) in [5.41, 5.74) is 1.97. The standard InChI is InChI=1S/C27H33N3O4S/c1-5-30(6-2)25(21-12-8-7-9-13-21)20-28-27(31)22-16-18-23(19-17-22)35(32,33)29(3)24-14-10-11-15-26(24)34-4/h7-19,25H,5-6,20H2,1-4H3,(H,28,31)/t25-/m0/s1. The van der Waals surface area contributed by atoms with Gasteiger partial charge in [0.2, 0.25) is 0 Å². The molecule has 0 radical (unpaired) electrons. The maximum atomic E-state index is 13.2. The van der Waals surface area contributed by atoms with Gasteiger partial charge in [0, 0.05) is 19.2 Å². The number of para-hydroxylation sites is 2. The number of likely N-dealkylation sites (N-methyl/N-ethyl adjacent to an activating group) is 1. The molecule has 0 bridgehead atoms. The van der Waals surface area contributed by atoms with Crippen molar-refractivity contribution in [3.05, 3.63) is 90.0 Å². The third-order valence-corrected chi connectivity index (χ3v) is 7.88. The van der Waals surface area contributed by atoms with Crippen LogP contribution in [0.1, 0.15) is 35.8 Å². The topological polar surface area (TPSA) is 79.0 Å². The lowest BCUT2D eigenvalue weighted by atomic mass is 10.0. The molecule has 0 aliphatic heterocycles. The average molecular weight is 496 g/mol. The SMILES string of the molecule is CCN(CC)[C@@H](CNC(=O)c1ccc(S(=O)(=O)N(C)c2ccccc2OC)cc1)c1ccccc1. The molecule has 0 aromatic heterocycles. The van der Waals surface area contributed by atoms with E-state index in [0.717, 1.165) is 18.7 Å². The van der Waals surface area contributed by atoms with Gasteiger partial charge in [0.25, 0.3) is 15.9 Å². The molecular formula is C27H33N3O4S. The number of nitrogens with one attached hydrogen (secondary N) is 1. The molecule has 0 heterocycles. The highest BCUT2D eigenvalue weighted by atomic mass is 32.2. The molecule has 0 aliphatic carbocycles. The van der Waals surface area contributed by atoms with Crippen LogP contribution < -0.4 is 14.4 Å². The fraction of sp³-hybridized carbons (Fsp3) is 0.296. The van der Waals surface area contributed by atoms with Crippen LogP contribution in [-0.4, -0.2) is 53.0 Å². The van der Waals surface area contributed by atoms with E-state index in [1.165, 1.54) is 42.7 Å². The van der Waals surface area contributed by atoms with E-state index in [-0.39, 0.29) is 16.8 Å². The van der Waals surface area contributed by atoms with Crippen molar-refractivity contribution in [2.24, 2.45) is 0 Å². The molecule has 0 saturated carbocycles. The van der Waals surface area contributed by atoms with Gasteiger partial charge in [-0.15, -0.1) is 0 Å². The van der Waals surface area contributed by atoms with E-state index in [9.17, 15) is 13.2 Å². The molecule has 1 atom stereocenters. The smallest absolute Gasteiger partial charge is 0.264 e. The number of anilines is 1. The number of hydrogen-bond acceptors (Lipinski definition) is 5. The predicted molar refractivity (Wildman–Crippen MR) is 139 cm³/mol. The summed E-state index contributed by atoms with van der Waals surface area (Å²) >= 11 is 0. The van der Waals surface area contributed by atoms with Gasteiger partial charge in [0.05, 0.1) is 23.7 Å². The zero-order chi connectivity index (χ0) is 25.4. The Kier molecular flexibility index (Phi) is 8.89. The number of sulfonamides is 1. The maximum absolute atomic E-state index is 13.2. The van der Waals surface area contributed by atoms with Crippen molar-refractivity contribution in [2.75, 3.05) is 38.1 Å². The van der Waals surface area contributed by atoms with Gasteiger partial charge < -0.3 is 10.1 Å². The first-order valence-electron chi connectivity index (χ1n) is 11.6. The van der Waals surface area contributed by atoms with Gasteiger partial charge in [-0.05, 0) is 55.1 Å². The molecule has 186 valence electrons. The molecule has 0 unspecified atom stereocenters. The molecular weight excluding hydrogens is 462 g/mol. The van der Waals surface area contributed by atoms with Crippen LogP contribution in [0.15, 0.2) is 83.8 Å². The number of rotatable bonds is 11. The van der Waals surface area contributed by atoms with Crippen molar-refractivity contribution in [1.82, 2.24) is 10.2 Å². The lowest BCUT2D eigenvalue weighted by Gasteiger charge is -2.30. The van der Waals surface area contributed by atoms with E-state index in [1.807, 2.05) is 18.2 Å². The van der Waals surface area contributed by atoms with Crippen molar-refractivity contribution in [2.45, 2.75) is 24.8 Å². The van der Waals surface area contributed by atoms with Crippen molar-refractivity contribution in [1.29, 1.82) is 0 Å². The van der Waals surface area contributed by atoms with Crippen LogP contribution in [0.4, 0.5) is 5.69 Å². The molecule has 1 amide bonds. The number of carbonyl (C=O) groups excluding carboxylic acids is 1. The van der Waals surface area contributed by atoms with E-state index >= 15 is 0 Å². The van der Waals surface area contributed by atoms with Gasteiger partial charge >= 0.3 is 0 Å². The Balaban J connectivity index is 1.74. The number of hydrogen-bond donors (Lipinski definition) is 1. The summed E-state index contributed by atoms with van der Waals surface area (Å²) in [5, 5.41) is 3.01. The van der Waals surface area contributed by atoms with Crippen molar-refractivity contribution >= 4 is 21.6 Å². The minimum atomic E-state index is -3.83. The van der Waals surface area contributed by atoms with Crippen LogP contribution >= 0.6 is 0 Å². The highest BCUT2D eigenvalue weighted by molar-refractivity contribution is 7.92. The van der Waals surface area contributed by atoms with Crippen molar-refractivity contribution in [3.63, 3.8) is 0 Å². The second-order valence-corrected chi connectivity index (χ2v) is 10.00. The van der Waals surface area contributed by atoms with Gasteiger partial charge in [-0.25, -0.2) is 8.42 Å². The first-order chi connectivity index (χ1) is 16.8. The van der Waals surface area contributed by atoms with Gasteiger partial charge in [-0.3, -0.25) is 14.0 Å². The Bertz CT molecular complexity index is 1210. The number of nitrogens with zero attached hydrogens (tertiary/aromatic N) is 2. The van der Waals surface area contributed by atoms with E-state index in [0.29, 0.717) is 23.5 Å². The first-order valence-corrected chi connectivity index (χ1v) is 13.1. The van der Waals surface area contributed by atoms with Crippen LogP contribution in [0.25, 0.3) is 0 Å². The summed E-state index contributed by atoms with van der Waals surface area (Å²) < 4.78 is 32.8. The molecule has 3 aromatic rings. The number of carbonyl (C=O) groups is 1. The van der Waals surface area contributed by atoms with E-state index < -0.39 is 10.0 Å². The molecule has 0 aliphatic rings. The molecule has 3 rings (SSSR count). The third-order valence-electron chi connectivity index (χ3n) is 6.09. The summed E-state index contributed by atoms with van der Waals surface area (Å²) in [6.07, 6.45) is 0. The van der Waals surface area contributed by atoms with Gasteiger partial charge in [-0.2, -0.15) is 0 Å². The van der Waals surface area contributed by atoms with Crippen molar-refractivity contribution < 1.29 is 17.9 Å².